The maximum atomic E-state index is 7.69. The summed E-state index contributed by atoms with van der Waals surface area (Å²) in [6, 6.07) is 114. The summed E-state index contributed by atoms with van der Waals surface area (Å²) in [7, 11) is 0. The number of benzene rings is 15. The van der Waals surface area contributed by atoms with E-state index < -0.39 is 0 Å². The number of ether oxygens (including phenoxy) is 2. The van der Waals surface area contributed by atoms with Crippen LogP contribution in [0, 0.1) is 20.8 Å². The van der Waals surface area contributed by atoms with E-state index in [1.807, 2.05) is 0 Å². The van der Waals surface area contributed by atoms with Crippen LogP contribution in [0.3, 0.4) is 0 Å². The van der Waals surface area contributed by atoms with E-state index in [1.165, 1.54) is 188 Å². The summed E-state index contributed by atoms with van der Waals surface area (Å²) in [5.41, 5.74) is 38.8. The highest BCUT2D eigenvalue weighted by molar-refractivity contribution is 7.00. The number of nitrogens with zero attached hydrogens (tertiary/aromatic N) is 2. The zero-order valence-electron chi connectivity index (χ0n) is 63.7. The molecule has 110 heavy (non-hydrogen) atoms. The lowest BCUT2D eigenvalue weighted by molar-refractivity contribution is 0.433. The second-order valence-corrected chi connectivity index (χ2v) is 33.4. The van der Waals surface area contributed by atoms with Crippen molar-refractivity contribution < 1.29 is 9.47 Å². The van der Waals surface area contributed by atoms with E-state index >= 15 is 0 Å². The molecule has 0 fully saturated rings. The van der Waals surface area contributed by atoms with Gasteiger partial charge in [-0.15, -0.1) is 0 Å². The van der Waals surface area contributed by atoms with Crippen LogP contribution in [0.25, 0.3) is 133 Å². The molecule has 2 aromatic heterocycles. The van der Waals surface area contributed by atoms with E-state index in [9.17, 15) is 0 Å². The highest BCUT2D eigenvalue weighted by Gasteiger charge is 2.45. The van der Waals surface area contributed by atoms with Gasteiger partial charge in [0.25, 0.3) is 13.4 Å². The summed E-state index contributed by atoms with van der Waals surface area (Å²) in [5.74, 6) is 3.90. The number of hydrogen-bond donors (Lipinski definition) is 0. The molecule has 17 aromatic rings. The molecule has 0 N–H and O–H groups in total. The Kier molecular flexibility index (Phi) is 14.9. The highest BCUT2D eigenvalue weighted by Crippen LogP contribution is 2.49. The standard InChI is InChI=1S/C104H82B2N2O2/c1-62-48-64(3)98(65(4)49-62)75-57-93-100-97(59-75)110-95-61-77(41-43-87(95)106(100)89-55-74(81-37-25-23-35-79(81)69-32-20-13-21-33-69)53-85-83-51-71(39-45-91(83)108(93)102(85)89)80-36-24-22-34-78(80)68-30-18-12-19-31-68)104(8,9)47-46-63(2)72-56-92-99-96(58-72)109-94-60-76(103(5,6)7)40-42-86(94)105(99)88-54-73(67-28-16-11-17-29-67)52-84-82-50-70(66-26-14-10-15-27-66)38-44-90(82)107(92)101(84)88/h10-45,48-61,63H,46-47H2,1-9H3. The molecule has 15 aromatic carbocycles. The Labute approximate surface area is 645 Å². The third-order valence-electron chi connectivity index (χ3n) is 25.1. The fourth-order valence-electron chi connectivity index (χ4n) is 19.6. The molecule has 1 atom stereocenters. The van der Waals surface area contributed by atoms with Gasteiger partial charge in [0.1, 0.15) is 23.0 Å². The van der Waals surface area contributed by atoms with Crippen LogP contribution in [-0.4, -0.2) is 22.6 Å². The first-order valence-corrected chi connectivity index (χ1v) is 39.3. The summed E-state index contributed by atoms with van der Waals surface area (Å²) in [4.78, 5) is 0. The Hall–Kier alpha value is -12.4. The quantitative estimate of drug-likeness (QED) is 0.114. The fourth-order valence-corrected chi connectivity index (χ4v) is 19.6. The van der Waals surface area contributed by atoms with Crippen LogP contribution in [-0.2, 0) is 10.8 Å². The molecule has 4 nitrogen and oxygen atoms in total. The third kappa shape index (κ3) is 10.4. The third-order valence-corrected chi connectivity index (χ3v) is 25.1. The summed E-state index contributed by atoms with van der Waals surface area (Å²) >= 11 is 0. The van der Waals surface area contributed by atoms with Crippen LogP contribution >= 0.6 is 0 Å². The lowest BCUT2D eigenvalue weighted by atomic mass is 9.34. The maximum absolute atomic E-state index is 7.69. The fraction of sp³-hybridized carbons (Fsp3) is 0.135. The molecule has 0 saturated carbocycles. The van der Waals surface area contributed by atoms with Crippen LogP contribution in [0.2, 0.25) is 0 Å². The lowest BCUT2D eigenvalue weighted by Gasteiger charge is -2.36. The van der Waals surface area contributed by atoms with Gasteiger partial charge in [-0.25, -0.2) is 0 Å². The van der Waals surface area contributed by atoms with Crippen molar-refractivity contribution in [2.24, 2.45) is 0 Å². The number of aryl methyl sites for hydroxylation is 3. The highest BCUT2D eigenvalue weighted by atomic mass is 16.5. The lowest BCUT2D eigenvalue weighted by Crippen LogP contribution is -2.58. The Morgan fingerprint density at radius 3 is 1.33 bits per heavy atom. The topological polar surface area (TPSA) is 28.3 Å². The van der Waals surface area contributed by atoms with E-state index in [1.54, 1.807) is 0 Å². The largest absolute Gasteiger partial charge is 0.458 e. The molecule has 21 rings (SSSR count). The second kappa shape index (κ2) is 24.8. The predicted octanol–water partition coefficient (Wildman–Crippen LogP) is 23.5. The van der Waals surface area contributed by atoms with Gasteiger partial charge in [0.2, 0.25) is 0 Å². The van der Waals surface area contributed by atoms with Gasteiger partial charge in [-0.1, -0.05) is 278 Å². The van der Waals surface area contributed by atoms with E-state index in [2.05, 4.69) is 375 Å². The van der Waals surface area contributed by atoms with Crippen molar-refractivity contribution in [3.8, 4) is 112 Å². The second-order valence-electron chi connectivity index (χ2n) is 33.4. The van der Waals surface area contributed by atoms with Crippen LogP contribution in [0.5, 0.6) is 23.0 Å². The Morgan fingerprint density at radius 1 is 0.336 bits per heavy atom. The van der Waals surface area contributed by atoms with Crippen molar-refractivity contribution in [3.63, 3.8) is 0 Å². The minimum Gasteiger partial charge on any atom is -0.458 e. The molecular weight excluding hydrogens is 1330 g/mol. The van der Waals surface area contributed by atoms with Crippen molar-refractivity contribution in [2.75, 3.05) is 0 Å². The molecular formula is C104H82B2N2O2. The molecule has 6 heterocycles. The van der Waals surface area contributed by atoms with Gasteiger partial charge in [0.15, 0.2) is 0 Å². The van der Waals surface area contributed by atoms with Crippen LogP contribution in [0.1, 0.15) is 93.7 Å². The minimum atomic E-state index is -0.249. The zero-order valence-corrected chi connectivity index (χ0v) is 63.7. The van der Waals surface area contributed by atoms with E-state index in [0.29, 0.717) is 0 Å². The van der Waals surface area contributed by atoms with Crippen LogP contribution in [0.15, 0.2) is 303 Å². The van der Waals surface area contributed by atoms with Crippen molar-refractivity contribution in [1.82, 2.24) is 9.13 Å². The molecule has 6 heteroatoms. The first-order chi connectivity index (χ1) is 53.5. The number of aromatic nitrogens is 2. The average Bonchev–Trinajstić information content (AvgIpc) is 1.47. The van der Waals surface area contributed by atoms with Crippen molar-refractivity contribution >= 4 is 89.8 Å². The Balaban J connectivity index is 0.706. The molecule has 0 radical (unpaired) electrons. The monoisotopic (exact) mass is 1410 g/mol. The number of hydrogen-bond acceptors (Lipinski definition) is 2. The molecule has 0 aliphatic carbocycles. The molecule has 4 aliphatic heterocycles. The number of fused-ring (bicyclic) bond motifs is 14. The van der Waals surface area contributed by atoms with Gasteiger partial charge in [0.05, 0.1) is 11.0 Å². The molecule has 0 amide bonds. The van der Waals surface area contributed by atoms with E-state index in [-0.39, 0.29) is 30.2 Å². The minimum absolute atomic E-state index is 0.0442. The molecule has 4 aliphatic rings. The van der Waals surface area contributed by atoms with Crippen LogP contribution < -0.4 is 42.3 Å². The van der Waals surface area contributed by atoms with Crippen molar-refractivity contribution in [3.05, 3.63) is 337 Å². The first-order valence-electron chi connectivity index (χ1n) is 39.3. The summed E-state index contributed by atoms with van der Waals surface area (Å²) in [5, 5.41) is 4.97. The van der Waals surface area contributed by atoms with Gasteiger partial charge < -0.3 is 18.6 Å². The van der Waals surface area contributed by atoms with Crippen molar-refractivity contribution in [2.45, 2.75) is 91.9 Å². The molecule has 0 saturated heterocycles. The van der Waals surface area contributed by atoms with Gasteiger partial charge >= 0.3 is 0 Å². The maximum Gasteiger partial charge on any atom is 0.256 e. The molecule has 0 spiro atoms. The van der Waals surface area contributed by atoms with Crippen molar-refractivity contribution in [1.29, 1.82) is 0 Å². The summed E-state index contributed by atoms with van der Waals surface area (Å²) < 4.78 is 20.3. The Morgan fingerprint density at radius 2 is 0.773 bits per heavy atom. The summed E-state index contributed by atoms with van der Waals surface area (Å²) in [6.45, 7) is 20.8. The smallest absolute Gasteiger partial charge is 0.256 e. The van der Waals surface area contributed by atoms with Gasteiger partial charge in [-0.05, 0) is 262 Å². The van der Waals surface area contributed by atoms with E-state index in [0.717, 1.165) is 47.1 Å². The predicted molar refractivity (Wildman–Crippen MR) is 466 cm³/mol. The van der Waals surface area contributed by atoms with Gasteiger partial charge in [0, 0.05) is 44.0 Å². The molecule has 0 bridgehead atoms. The zero-order chi connectivity index (χ0) is 74.2. The SMILES string of the molecule is Cc1cc(C)c(-c2cc3c4c(c2)-n2c5ccc(-c6ccccc6-c6ccccc6)cc5c5cc(-c6ccccc6-c6ccccc6)cc(c52)B4c2ccc(C(C)(C)CCC(C)c4cc5c6c(c4)-n4c7ccc(-c8ccccc8)cc7c7cc(-c8ccccc8)cc(c74)B6c4ccc(C(C)(C)C)cc4O5)cc2O3)c(C)c1. The normalized spacial score (nSPS) is 13.3. The van der Waals surface area contributed by atoms with E-state index in [4.69, 9.17) is 9.47 Å². The van der Waals surface area contributed by atoms with Gasteiger partial charge in [-0.2, -0.15) is 0 Å². The molecule has 526 valence electrons. The number of rotatable bonds is 12. The first kappa shape index (κ1) is 65.9. The Bertz CT molecular complexity index is 6690. The molecule has 1 unspecified atom stereocenters. The summed E-state index contributed by atoms with van der Waals surface area (Å²) in [6.07, 6.45) is 1.88. The van der Waals surface area contributed by atoms with Gasteiger partial charge in [-0.3, -0.25) is 0 Å². The van der Waals surface area contributed by atoms with Crippen LogP contribution in [0.4, 0.5) is 0 Å². The average molecular weight is 1410 g/mol.